The third-order valence-corrected chi connectivity index (χ3v) is 4.56. The van der Waals surface area contributed by atoms with Crippen LogP contribution in [0.25, 0.3) is 0 Å². The lowest BCUT2D eigenvalue weighted by molar-refractivity contribution is 0.414. The van der Waals surface area contributed by atoms with E-state index in [1.54, 1.807) is 7.11 Å². The van der Waals surface area contributed by atoms with Gasteiger partial charge in [0.25, 0.3) is 0 Å². The number of aliphatic imine (C=N–C) groups is 1. The number of methoxy groups -OCH3 is 1. The zero-order valence-electron chi connectivity index (χ0n) is 13.5. The Morgan fingerprint density at radius 3 is 2.55 bits per heavy atom. The second kappa shape index (κ2) is 6.35. The van der Waals surface area contributed by atoms with Crippen LogP contribution in [0, 0.1) is 0 Å². The highest BCUT2D eigenvalue weighted by Gasteiger charge is 2.21. The van der Waals surface area contributed by atoms with Gasteiger partial charge in [-0.1, -0.05) is 43.3 Å². The Bertz CT molecular complexity index is 672. The lowest BCUT2D eigenvalue weighted by Gasteiger charge is -2.24. The van der Waals surface area contributed by atoms with Gasteiger partial charge in [0.2, 0.25) is 0 Å². The molecule has 1 unspecified atom stereocenters. The molecule has 1 aliphatic rings. The van der Waals surface area contributed by atoms with Crippen LogP contribution in [-0.2, 0) is 0 Å². The standard InChI is InChI=1S/C20H23NO/c1-14-8-13-20(19-7-5-4-6-18(14)19)21-15(2)16-9-11-17(22-3)12-10-16/h4-7,9-12,14-15H,8,13H2,1-3H3/t14?,15-/m1/s1. The van der Waals surface area contributed by atoms with Gasteiger partial charge in [0.1, 0.15) is 5.75 Å². The van der Waals surface area contributed by atoms with E-state index < -0.39 is 0 Å². The number of hydrogen-bond donors (Lipinski definition) is 0. The molecule has 0 aliphatic heterocycles. The Labute approximate surface area is 132 Å². The molecule has 114 valence electrons. The Morgan fingerprint density at radius 2 is 1.82 bits per heavy atom. The largest absolute Gasteiger partial charge is 0.497 e. The number of benzene rings is 2. The first-order valence-corrected chi connectivity index (χ1v) is 7.99. The summed E-state index contributed by atoms with van der Waals surface area (Å²) in [6.07, 6.45) is 2.25. The predicted molar refractivity (Wildman–Crippen MR) is 92.0 cm³/mol. The van der Waals surface area contributed by atoms with Crippen molar-refractivity contribution < 1.29 is 4.74 Å². The van der Waals surface area contributed by atoms with Gasteiger partial charge in [-0.05, 0) is 54.5 Å². The smallest absolute Gasteiger partial charge is 0.118 e. The van der Waals surface area contributed by atoms with Gasteiger partial charge in [0.05, 0.1) is 13.2 Å². The highest BCUT2D eigenvalue weighted by Crippen LogP contribution is 2.32. The molecule has 0 amide bonds. The predicted octanol–water partition coefficient (Wildman–Crippen LogP) is 5.14. The highest BCUT2D eigenvalue weighted by molar-refractivity contribution is 6.03. The van der Waals surface area contributed by atoms with E-state index in [2.05, 4.69) is 50.2 Å². The van der Waals surface area contributed by atoms with Crippen molar-refractivity contribution >= 4 is 5.71 Å². The summed E-state index contributed by atoms with van der Waals surface area (Å²) in [7, 11) is 1.69. The van der Waals surface area contributed by atoms with Crippen LogP contribution in [0.1, 0.15) is 55.3 Å². The van der Waals surface area contributed by atoms with Crippen LogP contribution in [0.5, 0.6) is 5.75 Å². The molecule has 0 bridgehead atoms. The number of hydrogen-bond acceptors (Lipinski definition) is 2. The quantitative estimate of drug-likeness (QED) is 0.767. The summed E-state index contributed by atoms with van der Waals surface area (Å²) < 4.78 is 5.22. The van der Waals surface area contributed by atoms with Gasteiger partial charge in [-0.3, -0.25) is 4.99 Å². The Hall–Kier alpha value is -2.09. The fourth-order valence-corrected chi connectivity index (χ4v) is 3.16. The summed E-state index contributed by atoms with van der Waals surface area (Å²) >= 11 is 0. The molecule has 0 N–H and O–H groups in total. The molecule has 2 nitrogen and oxygen atoms in total. The minimum absolute atomic E-state index is 0.169. The molecule has 0 heterocycles. The van der Waals surface area contributed by atoms with Gasteiger partial charge < -0.3 is 4.74 Å². The molecule has 2 atom stereocenters. The first-order chi connectivity index (χ1) is 10.7. The molecule has 2 heteroatoms. The van der Waals surface area contributed by atoms with Gasteiger partial charge >= 0.3 is 0 Å². The molecule has 22 heavy (non-hydrogen) atoms. The molecule has 0 saturated heterocycles. The molecule has 2 aromatic carbocycles. The van der Waals surface area contributed by atoms with Crippen molar-refractivity contribution in [3.05, 3.63) is 65.2 Å². The topological polar surface area (TPSA) is 21.6 Å². The second-order valence-electron chi connectivity index (χ2n) is 6.05. The van der Waals surface area contributed by atoms with Gasteiger partial charge in [0, 0.05) is 5.71 Å². The van der Waals surface area contributed by atoms with E-state index in [-0.39, 0.29) is 6.04 Å². The van der Waals surface area contributed by atoms with Gasteiger partial charge in [0.15, 0.2) is 0 Å². The van der Waals surface area contributed by atoms with E-state index in [0.717, 1.165) is 12.2 Å². The number of ether oxygens (including phenoxy) is 1. The van der Waals surface area contributed by atoms with E-state index >= 15 is 0 Å². The third-order valence-electron chi connectivity index (χ3n) is 4.56. The summed E-state index contributed by atoms with van der Waals surface area (Å²) in [5, 5.41) is 0. The summed E-state index contributed by atoms with van der Waals surface area (Å²) in [4.78, 5) is 5.01. The molecule has 2 aromatic rings. The van der Waals surface area contributed by atoms with E-state index in [4.69, 9.17) is 9.73 Å². The maximum absolute atomic E-state index is 5.22. The summed E-state index contributed by atoms with van der Waals surface area (Å²) in [5.41, 5.74) is 5.25. The summed E-state index contributed by atoms with van der Waals surface area (Å²) in [5.74, 6) is 1.52. The summed E-state index contributed by atoms with van der Waals surface area (Å²) in [6, 6.07) is 17.1. The first-order valence-electron chi connectivity index (χ1n) is 7.99. The van der Waals surface area contributed by atoms with Crippen molar-refractivity contribution in [2.45, 2.75) is 38.6 Å². The summed E-state index contributed by atoms with van der Waals surface area (Å²) in [6.45, 7) is 4.47. The average Bonchev–Trinajstić information content (AvgIpc) is 2.57. The monoisotopic (exact) mass is 293 g/mol. The van der Waals surface area contributed by atoms with Gasteiger partial charge in [-0.2, -0.15) is 0 Å². The lowest BCUT2D eigenvalue weighted by atomic mass is 9.82. The van der Waals surface area contributed by atoms with Crippen molar-refractivity contribution in [3.8, 4) is 5.75 Å². The van der Waals surface area contributed by atoms with Crippen LogP contribution in [-0.4, -0.2) is 12.8 Å². The normalized spacial score (nSPS) is 20.5. The van der Waals surface area contributed by atoms with Crippen LogP contribution in [0.4, 0.5) is 0 Å². The maximum atomic E-state index is 5.22. The van der Waals surface area contributed by atoms with Crippen LogP contribution >= 0.6 is 0 Å². The SMILES string of the molecule is COc1ccc([C@@H](C)N=C2CCC(C)c3ccccc32)cc1. The van der Waals surface area contributed by atoms with Crippen molar-refractivity contribution in [1.29, 1.82) is 0 Å². The molecule has 1 aliphatic carbocycles. The number of nitrogens with zero attached hydrogens (tertiary/aromatic N) is 1. The van der Waals surface area contributed by atoms with Crippen molar-refractivity contribution in [3.63, 3.8) is 0 Å². The lowest BCUT2D eigenvalue weighted by Crippen LogP contribution is -2.15. The van der Waals surface area contributed by atoms with Crippen LogP contribution < -0.4 is 4.74 Å². The molecular weight excluding hydrogens is 270 g/mol. The van der Waals surface area contributed by atoms with E-state index in [1.807, 2.05) is 12.1 Å². The van der Waals surface area contributed by atoms with Crippen LogP contribution in [0.2, 0.25) is 0 Å². The molecule has 3 rings (SSSR count). The van der Waals surface area contributed by atoms with Gasteiger partial charge in [-0.25, -0.2) is 0 Å². The Morgan fingerprint density at radius 1 is 1.09 bits per heavy atom. The molecule has 0 radical (unpaired) electrons. The number of fused-ring (bicyclic) bond motifs is 1. The van der Waals surface area contributed by atoms with E-state index in [9.17, 15) is 0 Å². The molecule has 0 aromatic heterocycles. The Balaban J connectivity index is 1.89. The molecule has 0 fully saturated rings. The van der Waals surface area contributed by atoms with Crippen molar-refractivity contribution in [1.82, 2.24) is 0 Å². The van der Waals surface area contributed by atoms with E-state index in [0.29, 0.717) is 5.92 Å². The minimum atomic E-state index is 0.169. The molecule has 0 spiro atoms. The van der Waals surface area contributed by atoms with Crippen molar-refractivity contribution in [2.75, 3.05) is 7.11 Å². The molecule has 0 saturated carbocycles. The minimum Gasteiger partial charge on any atom is -0.497 e. The first kappa shape index (κ1) is 14.8. The third kappa shape index (κ3) is 2.92. The zero-order chi connectivity index (χ0) is 15.5. The number of rotatable bonds is 3. The highest BCUT2D eigenvalue weighted by atomic mass is 16.5. The maximum Gasteiger partial charge on any atom is 0.118 e. The van der Waals surface area contributed by atoms with Crippen molar-refractivity contribution in [2.24, 2.45) is 4.99 Å². The van der Waals surface area contributed by atoms with E-state index in [1.165, 1.54) is 28.8 Å². The average molecular weight is 293 g/mol. The van der Waals surface area contributed by atoms with Crippen LogP contribution in [0.3, 0.4) is 0 Å². The zero-order valence-corrected chi connectivity index (χ0v) is 13.5. The fraction of sp³-hybridized carbons (Fsp3) is 0.350. The second-order valence-corrected chi connectivity index (χ2v) is 6.05. The Kier molecular flexibility index (Phi) is 4.28. The molecular formula is C20H23NO. The van der Waals surface area contributed by atoms with Crippen LogP contribution in [0.15, 0.2) is 53.5 Å². The fourth-order valence-electron chi connectivity index (χ4n) is 3.16. The van der Waals surface area contributed by atoms with Gasteiger partial charge in [-0.15, -0.1) is 0 Å².